The van der Waals surface area contributed by atoms with Crippen molar-refractivity contribution in [3.8, 4) is 5.75 Å². The van der Waals surface area contributed by atoms with E-state index in [9.17, 15) is 4.79 Å². The molecule has 2 aromatic carbocycles. The Hall–Kier alpha value is -2.40. The molecule has 0 unspecified atom stereocenters. The lowest BCUT2D eigenvalue weighted by Gasteiger charge is -2.25. The number of amides is 1. The van der Waals surface area contributed by atoms with E-state index in [1.807, 2.05) is 47.4 Å². The average molecular weight is 350 g/mol. The zero-order valence-corrected chi connectivity index (χ0v) is 14.5. The Morgan fingerprint density at radius 3 is 2.88 bits per heavy atom. The van der Waals surface area contributed by atoms with Crippen molar-refractivity contribution in [1.82, 2.24) is 9.88 Å². The zero-order chi connectivity index (χ0) is 16.8. The minimum atomic E-state index is -0.396. The van der Waals surface area contributed by atoms with Crippen molar-refractivity contribution < 1.29 is 9.53 Å². The van der Waals surface area contributed by atoms with Crippen LogP contribution in [0.2, 0.25) is 0 Å². The van der Waals surface area contributed by atoms with Gasteiger partial charge in [-0.05, 0) is 36.6 Å². The molecule has 126 valence electrons. The molecule has 1 aromatic heterocycles. The van der Waals surface area contributed by atoms with Crippen LogP contribution in [0, 0.1) is 0 Å². The SMILES string of the molecule is O=C([C@@H]1Cc2ccccc2O1)N1CCC[C@H]1c1nc2ccccc2s1. The molecule has 0 saturated carbocycles. The number of hydrogen-bond acceptors (Lipinski definition) is 4. The van der Waals surface area contributed by atoms with E-state index in [1.54, 1.807) is 11.3 Å². The van der Waals surface area contributed by atoms with Crippen LogP contribution in [-0.4, -0.2) is 28.4 Å². The Bertz CT molecular complexity index is 894. The molecule has 1 amide bonds. The highest BCUT2D eigenvalue weighted by atomic mass is 32.1. The van der Waals surface area contributed by atoms with E-state index in [4.69, 9.17) is 9.72 Å². The Morgan fingerprint density at radius 2 is 2.00 bits per heavy atom. The van der Waals surface area contributed by atoms with Gasteiger partial charge in [0.1, 0.15) is 10.8 Å². The molecule has 0 spiro atoms. The maximum atomic E-state index is 13.1. The molecule has 2 aliphatic heterocycles. The van der Waals surface area contributed by atoms with Crippen LogP contribution in [0.15, 0.2) is 48.5 Å². The molecule has 25 heavy (non-hydrogen) atoms. The second-order valence-corrected chi connectivity index (χ2v) is 7.69. The first-order chi connectivity index (χ1) is 12.3. The van der Waals surface area contributed by atoms with E-state index in [1.165, 1.54) is 4.70 Å². The number of para-hydroxylation sites is 2. The van der Waals surface area contributed by atoms with Gasteiger partial charge in [-0.2, -0.15) is 0 Å². The van der Waals surface area contributed by atoms with Crippen molar-refractivity contribution in [3.63, 3.8) is 0 Å². The van der Waals surface area contributed by atoms with Gasteiger partial charge in [0, 0.05) is 13.0 Å². The average Bonchev–Trinajstić information content (AvgIpc) is 3.36. The van der Waals surface area contributed by atoms with E-state index in [-0.39, 0.29) is 11.9 Å². The van der Waals surface area contributed by atoms with E-state index in [0.29, 0.717) is 6.42 Å². The largest absolute Gasteiger partial charge is 0.480 e. The van der Waals surface area contributed by atoms with Crippen LogP contribution < -0.4 is 4.74 Å². The summed E-state index contributed by atoms with van der Waals surface area (Å²) in [5.74, 6) is 0.939. The number of rotatable bonds is 2. The number of thiazole rings is 1. The predicted octanol–water partition coefficient (Wildman–Crippen LogP) is 3.96. The molecule has 4 nitrogen and oxygen atoms in total. The van der Waals surface area contributed by atoms with E-state index in [2.05, 4.69) is 6.07 Å². The number of ether oxygens (including phenoxy) is 1. The van der Waals surface area contributed by atoms with Crippen LogP contribution in [0.25, 0.3) is 10.2 Å². The number of likely N-dealkylation sites (tertiary alicyclic amines) is 1. The van der Waals surface area contributed by atoms with Gasteiger partial charge in [-0.1, -0.05) is 30.3 Å². The third-order valence-electron chi connectivity index (χ3n) is 5.05. The lowest BCUT2D eigenvalue weighted by Crippen LogP contribution is -2.40. The van der Waals surface area contributed by atoms with Gasteiger partial charge < -0.3 is 9.64 Å². The van der Waals surface area contributed by atoms with Gasteiger partial charge >= 0.3 is 0 Å². The maximum absolute atomic E-state index is 13.1. The number of fused-ring (bicyclic) bond motifs is 2. The Morgan fingerprint density at radius 1 is 1.16 bits per heavy atom. The van der Waals surface area contributed by atoms with Gasteiger partial charge in [0.15, 0.2) is 6.10 Å². The minimum absolute atomic E-state index is 0.0808. The first-order valence-corrected chi connectivity index (χ1v) is 9.52. The van der Waals surface area contributed by atoms with Crippen LogP contribution >= 0.6 is 11.3 Å². The molecule has 0 N–H and O–H groups in total. The van der Waals surface area contributed by atoms with Gasteiger partial charge in [0.2, 0.25) is 0 Å². The lowest BCUT2D eigenvalue weighted by molar-refractivity contribution is -0.138. The lowest BCUT2D eigenvalue weighted by atomic mass is 10.1. The molecule has 2 atom stereocenters. The third-order valence-corrected chi connectivity index (χ3v) is 6.19. The Labute approximate surface area is 150 Å². The van der Waals surface area contributed by atoms with Crippen molar-refractivity contribution in [2.75, 3.05) is 6.54 Å². The van der Waals surface area contributed by atoms with Gasteiger partial charge in [-0.3, -0.25) is 4.79 Å². The molecular formula is C20H18N2O2S. The number of carbonyl (C=O) groups excluding carboxylic acids is 1. The van der Waals surface area contributed by atoms with Gasteiger partial charge in [0.25, 0.3) is 5.91 Å². The monoisotopic (exact) mass is 350 g/mol. The molecule has 5 heteroatoms. The van der Waals surface area contributed by atoms with Crippen molar-refractivity contribution >= 4 is 27.5 Å². The van der Waals surface area contributed by atoms with Crippen molar-refractivity contribution in [1.29, 1.82) is 0 Å². The van der Waals surface area contributed by atoms with Gasteiger partial charge in [0.05, 0.1) is 16.3 Å². The number of aromatic nitrogens is 1. The van der Waals surface area contributed by atoms with E-state index < -0.39 is 6.10 Å². The molecule has 3 heterocycles. The van der Waals surface area contributed by atoms with Crippen molar-refractivity contribution in [2.24, 2.45) is 0 Å². The molecular weight excluding hydrogens is 332 g/mol. The van der Waals surface area contributed by atoms with Crippen molar-refractivity contribution in [3.05, 3.63) is 59.1 Å². The summed E-state index contributed by atoms with van der Waals surface area (Å²) in [5.41, 5.74) is 2.14. The summed E-state index contributed by atoms with van der Waals surface area (Å²) in [7, 11) is 0. The van der Waals surface area contributed by atoms with Crippen LogP contribution in [-0.2, 0) is 11.2 Å². The summed E-state index contributed by atoms with van der Waals surface area (Å²) in [6.45, 7) is 0.787. The van der Waals surface area contributed by atoms with E-state index >= 15 is 0 Å². The van der Waals surface area contributed by atoms with Crippen LogP contribution in [0.3, 0.4) is 0 Å². The summed E-state index contributed by atoms with van der Waals surface area (Å²) in [6.07, 6.45) is 2.27. The summed E-state index contributed by atoms with van der Waals surface area (Å²) >= 11 is 1.70. The fourth-order valence-corrected chi connectivity index (χ4v) is 4.94. The summed E-state index contributed by atoms with van der Waals surface area (Å²) in [5, 5.41) is 1.04. The Balaban J connectivity index is 1.40. The molecule has 1 fully saturated rings. The topological polar surface area (TPSA) is 42.4 Å². The van der Waals surface area contributed by atoms with Crippen LogP contribution in [0.5, 0.6) is 5.75 Å². The Kier molecular flexibility index (Phi) is 3.48. The first kappa shape index (κ1) is 14.9. The van der Waals surface area contributed by atoms with Gasteiger partial charge in [-0.15, -0.1) is 11.3 Å². The van der Waals surface area contributed by atoms with Gasteiger partial charge in [-0.25, -0.2) is 4.98 Å². The second kappa shape index (κ2) is 5.85. The predicted molar refractivity (Wildman–Crippen MR) is 97.9 cm³/mol. The van der Waals surface area contributed by atoms with Crippen LogP contribution in [0.1, 0.15) is 29.5 Å². The molecule has 5 rings (SSSR count). The highest BCUT2D eigenvalue weighted by Gasteiger charge is 2.38. The number of hydrogen-bond donors (Lipinski definition) is 0. The third kappa shape index (κ3) is 2.50. The highest BCUT2D eigenvalue weighted by Crippen LogP contribution is 2.38. The second-order valence-electron chi connectivity index (χ2n) is 6.63. The van der Waals surface area contributed by atoms with Crippen molar-refractivity contribution in [2.45, 2.75) is 31.4 Å². The molecule has 0 bridgehead atoms. The smallest absolute Gasteiger partial charge is 0.264 e. The standard InChI is InChI=1S/C20H18N2O2S/c23-20(17-12-13-6-1-3-9-16(13)24-17)22-11-5-8-15(22)19-21-14-7-2-4-10-18(14)25-19/h1-4,6-7,9-10,15,17H,5,8,11-12H2/t15-,17-/m0/s1. The number of nitrogens with zero attached hydrogens (tertiary/aromatic N) is 2. The quantitative estimate of drug-likeness (QED) is 0.702. The van der Waals surface area contributed by atoms with Crippen LogP contribution in [0.4, 0.5) is 0 Å². The summed E-state index contributed by atoms with van der Waals surface area (Å²) in [6, 6.07) is 16.2. The van der Waals surface area contributed by atoms with E-state index in [0.717, 1.165) is 41.2 Å². The molecule has 3 aromatic rings. The fraction of sp³-hybridized carbons (Fsp3) is 0.300. The zero-order valence-electron chi connectivity index (χ0n) is 13.7. The molecule has 1 saturated heterocycles. The number of benzene rings is 2. The summed E-state index contributed by atoms with van der Waals surface area (Å²) < 4.78 is 7.10. The maximum Gasteiger partial charge on any atom is 0.264 e. The summed E-state index contributed by atoms with van der Waals surface area (Å²) in [4.78, 5) is 19.9. The fourth-order valence-electron chi connectivity index (χ4n) is 3.82. The molecule has 0 radical (unpaired) electrons. The minimum Gasteiger partial charge on any atom is -0.480 e. The normalized spacial score (nSPS) is 22.2. The highest BCUT2D eigenvalue weighted by molar-refractivity contribution is 7.18. The first-order valence-electron chi connectivity index (χ1n) is 8.70. The molecule has 2 aliphatic rings. The number of carbonyl (C=O) groups is 1. The molecule has 0 aliphatic carbocycles.